The number of hydrogen-bond donors (Lipinski definition) is 3. The second-order valence-electron chi connectivity index (χ2n) is 5.69. The van der Waals surface area contributed by atoms with Crippen LogP contribution < -0.4 is 5.73 Å². The summed E-state index contributed by atoms with van der Waals surface area (Å²) < 4.78 is 42.7. The summed E-state index contributed by atoms with van der Waals surface area (Å²) in [5, 5.41) is 19.6. The van der Waals surface area contributed by atoms with Gasteiger partial charge in [0.25, 0.3) is 0 Å². The zero-order valence-electron chi connectivity index (χ0n) is 16.4. The highest BCUT2D eigenvalue weighted by molar-refractivity contribution is 6.00. The number of nitrogens with zero attached hydrogens (tertiary/aromatic N) is 1. The molecule has 0 fully saturated rings. The van der Waals surface area contributed by atoms with Crippen molar-refractivity contribution in [2.45, 2.75) is 25.4 Å². The lowest BCUT2D eigenvalue weighted by molar-refractivity contribution is -0.137. The summed E-state index contributed by atoms with van der Waals surface area (Å²) in [6.07, 6.45) is -0.985. The summed E-state index contributed by atoms with van der Waals surface area (Å²) in [6.45, 7) is 1.22. The molecule has 30 heavy (non-hydrogen) atoms. The first-order valence-corrected chi connectivity index (χ1v) is 8.81. The predicted molar refractivity (Wildman–Crippen MR) is 103 cm³/mol. The lowest BCUT2D eigenvalue weighted by Gasteiger charge is -2.10. The number of nitrogens with two attached hydrogens (primary N) is 1. The predicted octanol–water partition coefficient (Wildman–Crippen LogP) is 2.91. The van der Waals surface area contributed by atoms with Gasteiger partial charge in [0, 0.05) is 32.4 Å². The van der Waals surface area contributed by atoms with Crippen LogP contribution in [0.5, 0.6) is 0 Å². The van der Waals surface area contributed by atoms with Gasteiger partial charge in [-0.05, 0) is 37.0 Å². The minimum absolute atomic E-state index is 0.266. The molecule has 1 aromatic carbocycles. The topological polar surface area (TPSA) is 131 Å². The maximum Gasteiger partial charge on any atom is 0.416 e. The minimum atomic E-state index is -4.34. The van der Waals surface area contributed by atoms with Crippen LogP contribution in [0.2, 0.25) is 0 Å². The van der Waals surface area contributed by atoms with Crippen LogP contribution in [-0.4, -0.2) is 54.7 Å². The zero-order chi connectivity index (χ0) is 23.0. The highest BCUT2D eigenvalue weighted by Crippen LogP contribution is 2.29. The number of carboxylic acid groups (broad SMARTS) is 2. The Morgan fingerprint density at radius 1 is 1.07 bits per heavy atom. The van der Waals surface area contributed by atoms with E-state index in [9.17, 15) is 22.8 Å². The van der Waals surface area contributed by atoms with Gasteiger partial charge in [0.05, 0.1) is 11.3 Å². The van der Waals surface area contributed by atoms with Gasteiger partial charge in [-0.2, -0.15) is 13.2 Å². The van der Waals surface area contributed by atoms with Gasteiger partial charge in [-0.3, -0.25) is 0 Å². The molecule has 4 N–H and O–H groups in total. The Morgan fingerprint density at radius 3 is 2.07 bits per heavy atom. The van der Waals surface area contributed by atoms with Crippen LogP contribution in [0.3, 0.4) is 0 Å². The number of aliphatic carboxylic acids is 2. The molecule has 0 aliphatic rings. The van der Waals surface area contributed by atoms with E-state index in [0.29, 0.717) is 43.0 Å². The summed E-state index contributed by atoms with van der Waals surface area (Å²) >= 11 is 0. The molecule has 0 unspecified atom stereocenters. The molecule has 11 heteroatoms. The molecule has 0 heterocycles. The Hall–Kier alpha value is -2.92. The number of benzene rings is 1. The van der Waals surface area contributed by atoms with Crippen LogP contribution in [0, 0.1) is 0 Å². The molecule has 0 bridgehead atoms. The lowest BCUT2D eigenvalue weighted by atomic mass is 10.0. The molecular weight excluding hydrogens is 409 g/mol. The zero-order valence-corrected chi connectivity index (χ0v) is 16.4. The van der Waals surface area contributed by atoms with Gasteiger partial charge < -0.3 is 25.5 Å². The van der Waals surface area contributed by atoms with Gasteiger partial charge in [-0.15, -0.1) is 0 Å². The van der Waals surface area contributed by atoms with Gasteiger partial charge in [-0.25, -0.2) is 9.59 Å². The number of ether oxygens (including phenoxy) is 1. The highest BCUT2D eigenvalue weighted by atomic mass is 19.4. The minimum Gasteiger partial charge on any atom is -0.478 e. The molecule has 168 valence electrons. The highest BCUT2D eigenvalue weighted by Gasteiger charge is 2.30. The fourth-order valence-corrected chi connectivity index (χ4v) is 1.95. The van der Waals surface area contributed by atoms with E-state index in [2.05, 4.69) is 5.16 Å². The molecule has 0 aromatic heterocycles. The van der Waals surface area contributed by atoms with Crippen molar-refractivity contribution < 1.29 is 42.5 Å². The van der Waals surface area contributed by atoms with E-state index in [1.807, 2.05) is 0 Å². The fraction of sp³-hybridized carbons (Fsp3) is 0.421. The Kier molecular flexibility index (Phi) is 13.5. The van der Waals surface area contributed by atoms with Gasteiger partial charge in [0.15, 0.2) is 0 Å². The van der Waals surface area contributed by atoms with E-state index in [1.165, 1.54) is 12.1 Å². The van der Waals surface area contributed by atoms with Crippen LogP contribution in [-0.2, 0) is 25.3 Å². The molecule has 0 aliphatic heterocycles. The number of oxime groups is 1. The van der Waals surface area contributed by atoms with Crippen molar-refractivity contribution in [2.24, 2.45) is 10.9 Å². The van der Waals surface area contributed by atoms with Crippen LogP contribution >= 0.6 is 0 Å². The lowest BCUT2D eigenvalue weighted by Crippen LogP contribution is -2.09. The summed E-state index contributed by atoms with van der Waals surface area (Å²) in [5.74, 6) is -2.51. The van der Waals surface area contributed by atoms with Crippen molar-refractivity contribution in [3.63, 3.8) is 0 Å². The molecule has 8 nitrogen and oxygen atoms in total. The third-order valence-corrected chi connectivity index (χ3v) is 3.31. The number of methoxy groups -OCH3 is 1. The summed E-state index contributed by atoms with van der Waals surface area (Å²) in [5.41, 5.74) is 5.87. The Balaban J connectivity index is 0.000000890. The average Bonchev–Trinajstić information content (AvgIpc) is 2.68. The third kappa shape index (κ3) is 13.3. The van der Waals surface area contributed by atoms with Crippen molar-refractivity contribution in [3.8, 4) is 0 Å². The molecule has 0 radical (unpaired) electrons. The van der Waals surface area contributed by atoms with Gasteiger partial charge in [0.2, 0.25) is 0 Å². The van der Waals surface area contributed by atoms with E-state index in [-0.39, 0.29) is 6.61 Å². The molecule has 0 aliphatic carbocycles. The first-order chi connectivity index (χ1) is 14.1. The van der Waals surface area contributed by atoms with E-state index >= 15 is 0 Å². The van der Waals surface area contributed by atoms with E-state index in [1.54, 1.807) is 7.11 Å². The molecule has 0 atom stereocenters. The monoisotopic (exact) mass is 434 g/mol. The van der Waals surface area contributed by atoms with E-state index < -0.39 is 23.7 Å². The van der Waals surface area contributed by atoms with Crippen molar-refractivity contribution in [2.75, 3.05) is 26.9 Å². The molecule has 0 saturated carbocycles. The summed E-state index contributed by atoms with van der Waals surface area (Å²) in [7, 11) is 1.62. The second-order valence-corrected chi connectivity index (χ2v) is 5.69. The van der Waals surface area contributed by atoms with Crippen LogP contribution in [0.25, 0.3) is 0 Å². The van der Waals surface area contributed by atoms with Gasteiger partial charge in [0.1, 0.15) is 6.61 Å². The average molecular weight is 434 g/mol. The number of carboxylic acids is 2. The summed E-state index contributed by atoms with van der Waals surface area (Å²) in [4.78, 5) is 24.2. The molecule has 1 rings (SSSR count). The van der Waals surface area contributed by atoms with Gasteiger partial charge >= 0.3 is 18.1 Å². The van der Waals surface area contributed by atoms with Crippen LogP contribution in [0.1, 0.15) is 30.4 Å². The number of halogens is 3. The standard InChI is InChI=1S/C15H21F3N2O2.C4H4O4/c1-21-10-3-2-4-14(20-22-11-9-19)12-5-7-13(8-6-12)15(16,17)18;5-3(6)1-2-4(7)8/h5-8H,2-4,9-11,19H2,1H3;1-2H,(H,5,6)(H,7,8)/b20-14+;. The summed E-state index contributed by atoms with van der Waals surface area (Å²) in [6, 6.07) is 4.90. The Labute approximate surface area is 171 Å². The smallest absolute Gasteiger partial charge is 0.416 e. The Bertz CT molecular complexity index is 687. The normalized spacial score (nSPS) is 11.7. The number of rotatable bonds is 11. The molecule has 1 aromatic rings. The van der Waals surface area contributed by atoms with Crippen LogP contribution in [0.15, 0.2) is 41.6 Å². The number of alkyl halides is 3. The molecular formula is C19H25F3N2O6. The molecule has 0 spiro atoms. The first kappa shape index (κ1) is 27.1. The molecule has 0 amide bonds. The van der Waals surface area contributed by atoms with E-state index in [4.69, 9.17) is 25.5 Å². The number of unbranched alkanes of at least 4 members (excludes halogenated alkanes) is 1. The Morgan fingerprint density at radius 2 is 1.63 bits per heavy atom. The third-order valence-electron chi connectivity index (χ3n) is 3.31. The van der Waals surface area contributed by atoms with Crippen LogP contribution in [0.4, 0.5) is 13.2 Å². The van der Waals surface area contributed by atoms with Crippen molar-refractivity contribution >= 4 is 17.7 Å². The molecule has 0 saturated heterocycles. The number of carbonyl (C=O) groups is 2. The first-order valence-electron chi connectivity index (χ1n) is 8.81. The fourth-order valence-electron chi connectivity index (χ4n) is 1.95. The quantitative estimate of drug-likeness (QED) is 0.211. The maximum absolute atomic E-state index is 12.6. The van der Waals surface area contributed by atoms with E-state index in [0.717, 1.165) is 25.0 Å². The van der Waals surface area contributed by atoms with Gasteiger partial charge in [-0.1, -0.05) is 17.3 Å². The van der Waals surface area contributed by atoms with Crippen molar-refractivity contribution in [1.82, 2.24) is 0 Å². The number of hydrogen-bond acceptors (Lipinski definition) is 6. The maximum atomic E-state index is 12.6. The SMILES string of the molecule is COCCCC/C(=N\OCCN)c1ccc(C(F)(F)F)cc1.O=C(O)C=CC(=O)O. The van der Waals surface area contributed by atoms with Crippen molar-refractivity contribution in [3.05, 3.63) is 47.5 Å². The largest absolute Gasteiger partial charge is 0.478 e. The van der Waals surface area contributed by atoms with Crippen molar-refractivity contribution in [1.29, 1.82) is 0 Å². The second kappa shape index (κ2) is 15.0.